The Morgan fingerprint density at radius 2 is 1.76 bits per heavy atom. The number of nitrogens with zero attached hydrogens (tertiary/aromatic N) is 3. The van der Waals surface area contributed by atoms with Crippen LogP contribution in [0.1, 0.15) is 99.2 Å². The first kappa shape index (κ1) is 32.5. The molecule has 3 aliphatic rings. The Bertz CT molecular complexity index is 1610. The normalized spacial score (nSPS) is 18.8. The summed E-state index contributed by atoms with van der Waals surface area (Å²) < 4.78 is 12.1. The van der Waals surface area contributed by atoms with Gasteiger partial charge in [-0.05, 0) is 106 Å². The fourth-order valence-corrected chi connectivity index (χ4v) is 7.43. The number of hydrogen-bond acceptors (Lipinski definition) is 6. The Hall–Kier alpha value is -3.42. The number of piperidine rings is 1. The molecule has 1 fully saturated rings. The summed E-state index contributed by atoms with van der Waals surface area (Å²) in [6.07, 6.45) is 4.13. The highest BCUT2D eigenvalue weighted by atomic mass is 16.5. The van der Waals surface area contributed by atoms with E-state index < -0.39 is 17.7 Å². The quantitative estimate of drug-likeness (QED) is 0.287. The molecule has 0 spiro atoms. The SMILES string of the molecule is Cc1nc(C)c([C@H](OC(C)(C)C)C(=O)O)c(N2CCC(C)(C)CC2)c1-c1ccc2c(c1)CCN(Cc1ccc3c(c1)CCCO3)C2. The maximum absolute atomic E-state index is 12.8. The van der Waals surface area contributed by atoms with Crippen molar-refractivity contribution in [3.05, 3.63) is 75.6 Å². The molecular weight excluding hydrogens is 574 g/mol. The summed E-state index contributed by atoms with van der Waals surface area (Å²) in [7, 11) is 0. The van der Waals surface area contributed by atoms with Gasteiger partial charge in [0.2, 0.25) is 0 Å². The van der Waals surface area contributed by atoms with Crippen molar-refractivity contribution in [1.29, 1.82) is 0 Å². The van der Waals surface area contributed by atoms with Crippen LogP contribution in [0.2, 0.25) is 0 Å². The molecule has 0 bridgehead atoms. The van der Waals surface area contributed by atoms with Crippen LogP contribution in [0.4, 0.5) is 5.69 Å². The topological polar surface area (TPSA) is 75.1 Å². The van der Waals surface area contributed by atoms with E-state index >= 15 is 0 Å². The molecular formula is C39H51N3O4. The fraction of sp³-hybridized carbons (Fsp3) is 0.538. The van der Waals surface area contributed by atoms with Crippen LogP contribution < -0.4 is 9.64 Å². The van der Waals surface area contributed by atoms with E-state index in [-0.39, 0.29) is 5.41 Å². The highest BCUT2D eigenvalue weighted by Crippen LogP contribution is 2.45. The molecule has 4 heterocycles. The van der Waals surface area contributed by atoms with E-state index in [0.29, 0.717) is 5.56 Å². The number of benzene rings is 2. The molecule has 0 unspecified atom stereocenters. The van der Waals surface area contributed by atoms with Gasteiger partial charge in [-0.1, -0.05) is 44.2 Å². The third-order valence-corrected chi connectivity index (χ3v) is 9.94. The maximum Gasteiger partial charge on any atom is 0.337 e. The minimum atomic E-state index is -1.11. The molecule has 3 aliphatic heterocycles. The predicted molar refractivity (Wildman–Crippen MR) is 184 cm³/mol. The van der Waals surface area contributed by atoms with Crippen molar-refractivity contribution in [1.82, 2.24) is 9.88 Å². The highest BCUT2D eigenvalue weighted by molar-refractivity contribution is 5.88. The molecule has 46 heavy (non-hydrogen) atoms. The summed E-state index contributed by atoms with van der Waals surface area (Å²) in [5.74, 6) is 0.0630. The number of carbonyl (C=O) groups is 1. The molecule has 0 radical (unpaired) electrons. The average molecular weight is 626 g/mol. The van der Waals surface area contributed by atoms with Crippen molar-refractivity contribution in [2.24, 2.45) is 5.41 Å². The first-order chi connectivity index (χ1) is 21.8. The fourth-order valence-electron chi connectivity index (χ4n) is 7.43. The van der Waals surface area contributed by atoms with Crippen molar-refractivity contribution >= 4 is 11.7 Å². The molecule has 7 nitrogen and oxygen atoms in total. The molecule has 1 aromatic heterocycles. The van der Waals surface area contributed by atoms with Gasteiger partial charge in [-0.25, -0.2) is 4.79 Å². The second kappa shape index (κ2) is 12.6. The van der Waals surface area contributed by atoms with E-state index in [2.05, 4.69) is 67.0 Å². The van der Waals surface area contributed by atoms with E-state index in [0.717, 1.165) is 105 Å². The van der Waals surface area contributed by atoms with Gasteiger partial charge < -0.3 is 19.5 Å². The van der Waals surface area contributed by atoms with Crippen LogP contribution in [0.5, 0.6) is 5.75 Å². The highest BCUT2D eigenvalue weighted by Gasteiger charge is 2.36. The number of pyridine rings is 1. The van der Waals surface area contributed by atoms with Gasteiger partial charge in [0, 0.05) is 55.2 Å². The summed E-state index contributed by atoms with van der Waals surface area (Å²) >= 11 is 0. The van der Waals surface area contributed by atoms with Crippen molar-refractivity contribution < 1.29 is 19.4 Å². The van der Waals surface area contributed by atoms with Crippen LogP contribution in [-0.4, -0.2) is 52.8 Å². The third-order valence-electron chi connectivity index (χ3n) is 9.94. The number of anilines is 1. The lowest BCUT2D eigenvalue weighted by Gasteiger charge is -2.41. The molecule has 0 amide bonds. The van der Waals surface area contributed by atoms with Crippen LogP contribution in [0.3, 0.4) is 0 Å². The predicted octanol–water partition coefficient (Wildman–Crippen LogP) is 7.82. The average Bonchev–Trinajstić information content (AvgIpc) is 2.99. The maximum atomic E-state index is 12.8. The third kappa shape index (κ3) is 6.96. The Labute approximate surface area is 274 Å². The molecule has 0 aliphatic carbocycles. The van der Waals surface area contributed by atoms with Crippen molar-refractivity contribution in [3.63, 3.8) is 0 Å². The van der Waals surface area contributed by atoms with Crippen LogP contribution in [0.25, 0.3) is 11.1 Å². The van der Waals surface area contributed by atoms with Gasteiger partial charge in [0.25, 0.3) is 0 Å². The zero-order valence-corrected chi connectivity index (χ0v) is 28.8. The number of carboxylic acid groups (broad SMARTS) is 1. The Morgan fingerprint density at radius 3 is 2.48 bits per heavy atom. The van der Waals surface area contributed by atoms with E-state index in [1.165, 1.54) is 22.3 Å². The molecule has 7 heteroatoms. The number of rotatable bonds is 7. The molecule has 2 aromatic carbocycles. The molecule has 1 N–H and O–H groups in total. The number of aryl methyl sites for hydroxylation is 3. The van der Waals surface area contributed by atoms with Crippen LogP contribution in [0, 0.1) is 19.3 Å². The minimum Gasteiger partial charge on any atom is -0.493 e. The summed E-state index contributed by atoms with van der Waals surface area (Å²) in [4.78, 5) is 22.8. The second-order valence-electron chi connectivity index (χ2n) is 15.4. The van der Waals surface area contributed by atoms with Crippen molar-refractivity contribution in [2.45, 2.75) is 105 Å². The van der Waals surface area contributed by atoms with Gasteiger partial charge >= 0.3 is 5.97 Å². The summed E-state index contributed by atoms with van der Waals surface area (Å²) in [5, 5.41) is 10.5. The van der Waals surface area contributed by atoms with E-state index in [1.807, 2.05) is 27.7 Å². The summed E-state index contributed by atoms with van der Waals surface area (Å²) in [6.45, 7) is 19.8. The Kier molecular flexibility index (Phi) is 8.94. The first-order valence-corrected chi connectivity index (χ1v) is 17.0. The number of carboxylic acids is 1. The van der Waals surface area contributed by atoms with Crippen LogP contribution in [-0.2, 0) is 35.5 Å². The standard InChI is InChI=1S/C39H51N3O4/c1-25-33(35(42-18-15-39(6,7)16-19-42)34(26(2)40-25)36(37(43)44)46-38(3,4)5)30-11-12-31-24-41(17-14-28(31)22-30)23-27-10-13-32-29(21-27)9-8-20-45-32/h10-13,21-22,36H,8-9,14-20,23-24H2,1-7H3,(H,43,44)/t36-/m0/s1. The van der Waals surface area contributed by atoms with E-state index in [1.54, 1.807) is 0 Å². The smallest absolute Gasteiger partial charge is 0.337 e. The molecule has 1 atom stereocenters. The Balaban J connectivity index is 1.35. The number of hydrogen-bond donors (Lipinski definition) is 1. The zero-order valence-electron chi connectivity index (χ0n) is 28.8. The summed E-state index contributed by atoms with van der Waals surface area (Å²) in [5.41, 5.74) is 10.5. The van der Waals surface area contributed by atoms with E-state index in [4.69, 9.17) is 14.5 Å². The van der Waals surface area contributed by atoms with Gasteiger partial charge in [0.15, 0.2) is 6.10 Å². The molecule has 246 valence electrons. The number of aliphatic carboxylic acids is 1. The number of aromatic nitrogens is 1. The van der Waals surface area contributed by atoms with Gasteiger partial charge in [0.05, 0.1) is 17.9 Å². The number of fused-ring (bicyclic) bond motifs is 2. The van der Waals surface area contributed by atoms with Crippen molar-refractivity contribution in [2.75, 3.05) is 31.1 Å². The lowest BCUT2D eigenvalue weighted by molar-refractivity contribution is -0.160. The zero-order chi connectivity index (χ0) is 32.8. The monoisotopic (exact) mass is 625 g/mol. The molecule has 6 rings (SSSR count). The van der Waals surface area contributed by atoms with Crippen molar-refractivity contribution in [3.8, 4) is 16.9 Å². The lowest BCUT2D eigenvalue weighted by atomic mass is 9.81. The minimum absolute atomic E-state index is 0.257. The lowest BCUT2D eigenvalue weighted by Crippen LogP contribution is -2.39. The molecule has 1 saturated heterocycles. The Morgan fingerprint density at radius 1 is 1.00 bits per heavy atom. The van der Waals surface area contributed by atoms with Gasteiger partial charge in [-0.2, -0.15) is 0 Å². The van der Waals surface area contributed by atoms with Gasteiger partial charge in [-0.15, -0.1) is 0 Å². The summed E-state index contributed by atoms with van der Waals surface area (Å²) in [6, 6.07) is 13.5. The second-order valence-corrected chi connectivity index (χ2v) is 15.4. The van der Waals surface area contributed by atoms with Gasteiger partial charge in [-0.3, -0.25) is 9.88 Å². The molecule has 3 aromatic rings. The van der Waals surface area contributed by atoms with Crippen LogP contribution in [0.15, 0.2) is 36.4 Å². The van der Waals surface area contributed by atoms with Gasteiger partial charge in [0.1, 0.15) is 5.75 Å². The number of ether oxygens (including phenoxy) is 2. The largest absolute Gasteiger partial charge is 0.493 e. The first-order valence-electron chi connectivity index (χ1n) is 17.0. The van der Waals surface area contributed by atoms with E-state index in [9.17, 15) is 9.90 Å². The molecule has 0 saturated carbocycles. The van der Waals surface area contributed by atoms with Crippen LogP contribution >= 0.6 is 0 Å².